The molecule has 0 radical (unpaired) electrons. The van der Waals surface area contributed by atoms with E-state index in [1.165, 1.54) is 11.1 Å². The van der Waals surface area contributed by atoms with Gasteiger partial charge in [-0.2, -0.15) is 0 Å². The monoisotopic (exact) mass is 354 g/mol. The molecule has 2 heterocycles. The molecule has 1 saturated heterocycles. The highest BCUT2D eigenvalue weighted by Gasteiger charge is 2.30. The normalized spacial score (nSPS) is 23.9. The first kappa shape index (κ1) is 17.2. The Morgan fingerprint density at radius 2 is 1.77 bits per heavy atom. The van der Waals surface area contributed by atoms with Crippen molar-refractivity contribution in [2.24, 2.45) is 11.8 Å². The van der Waals surface area contributed by atoms with Gasteiger partial charge in [-0.1, -0.05) is 17.3 Å². The fraction of sp³-hybridized carbons (Fsp3) is 0.600. The average molecular weight is 354 g/mol. The van der Waals surface area contributed by atoms with Gasteiger partial charge in [0.15, 0.2) is 0 Å². The van der Waals surface area contributed by atoms with Gasteiger partial charge in [0, 0.05) is 25.6 Å². The minimum Gasteiger partial charge on any atom is -0.342 e. The van der Waals surface area contributed by atoms with Crippen molar-refractivity contribution >= 4 is 16.8 Å². The van der Waals surface area contributed by atoms with Crippen molar-refractivity contribution in [2.45, 2.75) is 51.5 Å². The SMILES string of the molecule is O=C(C1CCC(Cn2nnc3ccccc3c2=O)CC1)N1CCCCC1. The standard InChI is InChI=1S/C20H26N4O2/c25-19(23-12-4-1-5-13-23)16-10-8-15(9-11-16)14-24-20(26)17-6-2-3-7-18(17)21-22-24/h2-3,6-7,15-16H,1,4-5,8-14H2. The van der Waals surface area contributed by atoms with Gasteiger partial charge in [-0.3, -0.25) is 9.59 Å². The summed E-state index contributed by atoms with van der Waals surface area (Å²) in [6.07, 6.45) is 7.34. The van der Waals surface area contributed by atoms with Gasteiger partial charge in [0.2, 0.25) is 5.91 Å². The summed E-state index contributed by atoms with van der Waals surface area (Å²) in [5.74, 6) is 0.920. The summed E-state index contributed by atoms with van der Waals surface area (Å²) in [6.45, 7) is 2.46. The molecular weight excluding hydrogens is 328 g/mol. The lowest BCUT2D eigenvalue weighted by Gasteiger charge is -2.34. The number of rotatable bonds is 3. The molecule has 26 heavy (non-hydrogen) atoms. The number of likely N-dealkylation sites (tertiary alicyclic amines) is 1. The van der Waals surface area contributed by atoms with E-state index < -0.39 is 0 Å². The maximum atomic E-state index is 12.7. The van der Waals surface area contributed by atoms with E-state index >= 15 is 0 Å². The van der Waals surface area contributed by atoms with Crippen molar-refractivity contribution in [1.29, 1.82) is 0 Å². The smallest absolute Gasteiger partial charge is 0.277 e. The second-order valence-electron chi connectivity index (χ2n) is 7.70. The zero-order valence-electron chi connectivity index (χ0n) is 15.1. The van der Waals surface area contributed by atoms with Gasteiger partial charge in [0.25, 0.3) is 5.56 Å². The Kier molecular flexibility index (Phi) is 5.00. The van der Waals surface area contributed by atoms with Crippen LogP contribution in [0.5, 0.6) is 0 Å². The van der Waals surface area contributed by atoms with Crippen molar-refractivity contribution in [2.75, 3.05) is 13.1 Å². The summed E-state index contributed by atoms with van der Waals surface area (Å²) in [6, 6.07) is 7.33. The van der Waals surface area contributed by atoms with Crippen LogP contribution >= 0.6 is 0 Å². The van der Waals surface area contributed by atoms with Crippen LogP contribution in [0, 0.1) is 11.8 Å². The van der Waals surface area contributed by atoms with Crippen molar-refractivity contribution in [3.63, 3.8) is 0 Å². The number of carbonyl (C=O) groups excluding carboxylic acids is 1. The quantitative estimate of drug-likeness (QED) is 0.850. The van der Waals surface area contributed by atoms with Gasteiger partial charge < -0.3 is 4.90 Å². The van der Waals surface area contributed by atoms with E-state index in [0.717, 1.165) is 51.6 Å². The lowest BCUT2D eigenvalue weighted by Crippen LogP contribution is -2.41. The number of piperidine rings is 1. The van der Waals surface area contributed by atoms with Gasteiger partial charge in [0.1, 0.15) is 5.52 Å². The van der Waals surface area contributed by atoms with E-state index in [1.807, 2.05) is 18.2 Å². The van der Waals surface area contributed by atoms with Crippen LogP contribution in [0.2, 0.25) is 0 Å². The van der Waals surface area contributed by atoms with Crippen LogP contribution < -0.4 is 5.56 Å². The lowest BCUT2D eigenvalue weighted by molar-refractivity contribution is -0.137. The molecule has 2 aromatic rings. The highest BCUT2D eigenvalue weighted by Crippen LogP contribution is 2.31. The second-order valence-corrected chi connectivity index (χ2v) is 7.70. The Balaban J connectivity index is 1.37. The number of nitrogens with zero attached hydrogens (tertiary/aromatic N) is 4. The fourth-order valence-electron chi connectivity index (χ4n) is 4.35. The summed E-state index contributed by atoms with van der Waals surface area (Å²) >= 11 is 0. The molecule has 1 aromatic heterocycles. The van der Waals surface area contributed by atoms with Crippen molar-refractivity contribution < 1.29 is 4.79 Å². The molecule has 1 aliphatic heterocycles. The number of amides is 1. The number of carbonyl (C=O) groups is 1. The highest BCUT2D eigenvalue weighted by atomic mass is 16.2. The number of hydrogen-bond donors (Lipinski definition) is 0. The third-order valence-electron chi connectivity index (χ3n) is 5.92. The van der Waals surface area contributed by atoms with Crippen molar-refractivity contribution in [3.8, 4) is 0 Å². The van der Waals surface area contributed by atoms with Crippen LogP contribution in [0.25, 0.3) is 10.9 Å². The molecule has 138 valence electrons. The summed E-state index contributed by atoms with van der Waals surface area (Å²) < 4.78 is 1.50. The summed E-state index contributed by atoms with van der Waals surface area (Å²) in [7, 11) is 0. The van der Waals surface area contributed by atoms with Crippen LogP contribution in [-0.2, 0) is 11.3 Å². The molecule has 1 aromatic carbocycles. The van der Waals surface area contributed by atoms with E-state index in [4.69, 9.17) is 0 Å². The highest BCUT2D eigenvalue weighted by molar-refractivity contribution is 5.79. The Morgan fingerprint density at radius 1 is 1.04 bits per heavy atom. The maximum Gasteiger partial charge on any atom is 0.277 e. The Labute approximate surface area is 153 Å². The fourth-order valence-corrected chi connectivity index (χ4v) is 4.35. The van der Waals surface area contributed by atoms with Gasteiger partial charge in [-0.15, -0.1) is 5.10 Å². The minimum atomic E-state index is -0.0675. The molecule has 0 N–H and O–H groups in total. The molecule has 4 rings (SSSR count). The topological polar surface area (TPSA) is 68.1 Å². The van der Waals surface area contributed by atoms with Crippen molar-refractivity contribution in [3.05, 3.63) is 34.6 Å². The third kappa shape index (κ3) is 3.50. The molecule has 1 amide bonds. The first-order valence-corrected chi connectivity index (χ1v) is 9.84. The third-order valence-corrected chi connectivity index (χ3v) is 5.92. The minimum absolute atomic E-state index is 0.0675. The summed E-state index contributed by atoms with van der Waals surface area (Å²) in [5.41, 5.74) is 0.576. The van der Waals surface area contributed by atoms with Crippen LogP contribution in [0.4, 0.5) is 0 Å². The van der Waals surface area contributed by atoms with Gasteiger partial charge in [-0.25, -0.2) is 4.68 Å². The zero-order valence-corrected chi connectivity index (χ0v) is 15.1. The Hall–Kier alpha value is -2.24. The molecular formula is C20H26N4O2. The average Bonchev–Trinajstić information content (AvgIpc) is 2.71. The molecule has 0 atom stereocenters. The number of aromatic nitrogens is 3. The van der Waals surface area contributed by atoms with Gasteiger partial charge in [0.05, 0.1) is 5.39 Å². The number of hydrogen-bond acceptors (Lipinski definition) is 4. The van der Waals surface area contributed by atoms with E-state index in [-0.39, 0.29) is 11.5 Å². The molecule has 2 aliphatic rings. The van der Waals surface area contributed by atoms with Gasteiger partial charge >= 0.3 is 0 Å². The van der Waals surface area contributed by atoms with Crippen LogP contribution in [0.1, 0.15) is 44.9 Å². The van der Waals surface area contributed by atoms with Crippen LogP contribution in [-0.4, -0.2) is 38.9 Å². The number of fused-ring (bicyclic) bond motifs is 1. The van der Waals surface area contributed by atoms with Crippen LogP contribution in [0.15, 0.2) is 29.1 Å². The Morgan fingerprint density at radius 3 is 2.54 bits per heavy atom. The lowest BCUT2D eigenvalue weighted by atomic mass is 9.81. The van der Waals surface area contributed by atoms with Crippen LogP contribution in [0.3, 0.4) is 0 Å². The van der Waals surface area contributed by atoms with E-state index in [9.17, 15) is 9.59 Å². The first-order chi connectivity index (χ1) is 12.7. The first-order valence-electron chi connectivity index (χ1n) is 9.84. The molecule has 6 nitrogen and oxygen atoms in total. The Bertz CT molecular complexity index is 833. The summed E-state index contributed by atoms with van der Waals surface area (Å²) in [5, 5.41) is 8.89. The molecule has 0 spiro atoms. The van der Waals surface area contributed by atoms with E-state index in [1.54, 1.807) is 6.07 Å². The van der Waals surface area contributed by atoms with Gasteiger partial charge in [-0.05, 0) is 63.0 Å². The molecule has 2 fully saturated rings. The predicted octanol–water partition coefficient (Wildman–Crippen LogP) is 2.61. The number of benzene rings is 1. The summed E-state index contributed by atoms with van der Waals surface area (Å²) in [4.78, 5) is 27.3. The largest absolute Gasteiger partial charge is 0.342 e. The van der Waals surface area contributed by atoms with Crippen molar-refractivity contribution in [1.82, 2.24) is 19.9 Å². The molecule has 1 saturated carbocycles. The maximum absolute atomic E-state index is 12.7. The van der Waals surface area contributed by atoms with E-state index in [2.05, 4.69) is 15.2 Å². The predicted molar refractivity (Wildman–Crippen MR) is 99.7 cm³/mol. The van der Waals surface area contributed by atoms with E-state index in [0.29, 0.717) is 29.3 Å². The molecule has 0 unspecified atom stereocenters. The second kappa shape index (κ2) is 7.56. The molecule has 6 heteroatoms. The zero-order chi connectivity index (χ0) is 17.9. The molecule has 0 bridgehead atoms. The molecule has 1 aliphatic carbocycles.